The van der Waals surface area contributed by atoms with Gasteiger partial charge in [-0.3, -0.25) is 0 Å². The first-order valence-electron chi connectivity index (χ1n) is 3.78. The molecule has 0 amide bonds. The molecule has 3 heteroatoms. The first kappa shape index (κ1) is 9.13. The molecule has 0 radical (unpaired) electrons. The molecule has 0 aliphatic rings. The lowest BCUT2D eigenvalue weighted by molar-refractivity contribution is 1.13. The number of hydrogen-bond donors (Lipinski definition) is 1. The van der Waals surface area contributed by atoms with Crippen molar-refractivity contribution in [3.8, 4) is 0 Å². The smallest absolute Gasteiger partial charge is 0.0961 e. The summed E-state index contributed by atoms with van der Waals surface area (Å²) in [7, 11) is 0. The number of pyridine rings is 1. The molecule has 1 rings (SSSR count). The molecule has 0 aromatic carbocycles. The summed E-state index contributed by atoms with van der Waals surface area (Å²) in [6.45, 7) is 3.65. The van der Waals surface area contributed by atoms with Crippen LogP contribution in [0.25, 0.3) is 0 Å². The van der Waals surface area contributed by atoms with Crippen LogP contribution in [0, 0.1) is 0 Å². The van der Waals surface area contributed by atoms with E-state index in [1.54, 1.807) is 18.0 Å². The maximum absolute atomic E-state index is 5.49. The fourth-order valence-electron chi connectivity index (χ4n) is 0.724. The minimum atomic E-state index is 0.711. The highest BCUT2D eigenvalue weighted by molar-refractivity contribution is 7.99. The summed E-state index contributed by atoms with van der Waals surface area (Å²) in [5.74, 6) is 1.03. The molecular weight excluding hydrogens is 168 g/mol. The fourth-order valence-corrected chi connectivity index (χ4v) is 1.51. The van der Waals surface area contributed by atoms with Crippen molar-refractivity contribution in [1.29, 1.82) is 0 Å². The van der Waals surface area contributed by atoms with Crippen molar-refractivity contribution >= 4 is 17.4 Å². The quantitative estimate of drug-likeness (QED) is 0.439. The van der Waals surface area contributed by atoms with Crippen molar-refractivity contribution in [2.75, 3.05) is 11.5 Å². The molecular formula is C9H12N2S. The second-order valence-corrected chi connectivity index (χ2v) is 3.47. The van der Waals surface area contributed by atoms with Crippen LogP contribution in [0.1, 0.15) is 6.42 Å². The largest absolute Gasteiger partial charge is 0.397 e. The highest BCUT2D eigenvalue weighted by Gasteiger charge is 1.92. The van der Waals surface area contributed by atoms with Crippen LogP contribution in [-0.4, -0.2) is 10.7 Å². The lowest BCUT2D eigenvalue weighted by Gasteiger charge is -1.98. The van der Waals surface area contributed by atoms with E-state index in [9.17, 15) is 0 Å². The summed E-state index contributed by atoms with van der Waals surface area (Å²) in [5, 5.41) is 1.02. The van der Waals surface area contributed by atoms with Crippen LogP contribution in [0.3, 0.4) is 0 Å². The van der Waals surface area contributed by atoms with Crippen molar-refractivity contribution in [3.05, 3.63) is 31.0 Å². The third kappa shape index (κ3) is 2.96. The van der Waals surface area contributed by atoms with Gasteiger partial charge in [-0.15, -0.1) is 18.3 Å². The number of allylic oxidation sites excluding steroid dienone is 1. The zero-order valence-corrected chi connectivity index (χ0v) is 7.68. The minimum absolute atomic E-state index is 0.711. The third-order valence-electron chi connectivity index (χ3n) is 1.33. The number of hydrogen-bond acceptors (Lipinski definition) is 3. The first-order valence-corrected chi connectivity index (χ1v) is 4.76. The van der Waals surface area contributed by atoms with Crippen LogP contribution in [0.2, 0.25) is 0 Å². The third-order valence-corrected chi connectivity index (χ3v) is 2.31. The van der Waals surface area contributed by atoms with Crippen LogP contribution >= 0.6 is 11.8 Å². The van der Waals surface area contributed by atoms with E-state index < -0.39 is 0 Å². The molecule has 1 aromatic rings. The Labute approximate surface area is 76.9 Å². The van der Waals surface area contributed by atoms with Crippen LogP contribution in [0.5, 0.6) is 0 Å². The van der Waals surface area contributed by atoms with E-state index in [4.69, 9.17) is 5.73 Å². The number of thioether (sulfide) groups is 1. The van der Waals surface area contributed by atoms with Crippen molar-refractivity contribution in [1.82, 2.24) is 4.98 Å². The van der Waals surface area contributed by atoms with Crippen molar-refractivity contribution in [2.45, 2.75) is 11.4 Å². The standard InChI is InChI=1S/C9H12N2S/c1-2-3-6-12-9-5-4-8(10)7-11-9/h2,4-5,7H,1,3,6,10H2. The Morgan fingerprint density at radius 3 is 3.00 bits per heavy atom. The van der Waals surface area contributed by atoms with Gasteiger partial charge in [0.25, 0.3) is 0 Å². The van der Waals surface area contributed by atoms with E-state index in [1.165, 1.54) is 0 Å². The van der Waals surface area contributed by atoms with E-state index in [0.29, 0.717) is 5.69 Å². The van der Waals surface area contributed by atoms with E-state index in [2.05, 4.69) is 11.6 Å². The zero-order valence-electron chi connectivity index (χ0n) is 6.86. The normalized spacial score (nSPS) is 9.67. The minimum Gasteiger partial charge on any atom is -0.397 e. The number of nitrogens with two attached hydrogens (primary N) is 1. The molecule has 0 atom stereocenters. The fraction of sp³-hybridized carbons (Fsp3) is 0.222. The molecule has 0 fully saturated rings. The number of rotatable bonds is 4. The Balaban J connectivity index is 2.42. The summed E-state index contributed by atoms with van der Waals surface area (Å²) < 4.78 is 0. The molecule has 0 aliphatic heterocycles. The summed E-state index contributed by atoms with van der Waals surface area (Å²) in [6, 6.07) is 3.80. The lowest BCUT2D eigenvalue weighted by atomic mass is 10.4. The Hall–Kier alpha value is -0.960. The Kier molecular flexibility index (Phi) is 3.67. The monoisotopic (exact) mass is 180 g/mol. The molecule has 0 spiro atoms. The van der Waals surface area contributed by atoms with Gasteiger partial charge in [-0.1, -0.05) is 6.08 Å². The van der Waals surface area contributed by atoms with Crippen molar-refractivity contribution in [3.63, 3.8) is 0 Å². The van der Waals surface area contributed by atoms with Gasteiger partial charge >= 0.3 is 0 Å². The van der Waals surface area contributed by atoms with Crippen molar-refractivity contribution in [2.24, 2.45) is 0 Å². The van der Waals surface area contributed by atoms with Crippen LogP contribution in [0.4, 0.5) is 5.69 Å². The first-order chi connectivity index (χ1) is 5.83. The van der Waals surface area contributed by atoms with Gasteiger partial charge in [0, 0.05) is 5.75 Å². The summed E-state index contributed by atoms with van der Waals surface area (Å²) in [6.07, 6.45) is 4.59. The van der Waals surface area contributed by atoms with Crippen LogP contribution in [0.15, 0.2) is 36.0 Å². The SMILES string of the molecule is C=CCCSc1ccc(N)cn1. The number of nitrogen functional groups attached to an aromatic ring is 1. The van der Waals surface area contributed by atoms with Crippen LogP contribution in [-0.2, 0) is 0 Å². The maximum Gasteiger partial charge on any atom is 0.0961 e. The average molecular weight is 180 g/mol. The van der Waals surface area contributed by atoms with Gasteiger partial charge in [0.05, 0.1) is 16.9 Å². The molecule has 0 aliphatic carbocycles. The molecule has 12 heavy (non-hydrogen) atoms. The Morgan fingerprint density at radius 1 is 1.58 bits per heavy atom. The molecule has 0 saturated carbocycles. The predicted octanol–water partition coefficient (Wildman–Crippen LogP) is 2.33. The molecule has 1 heterocycles. The molecule has 1 aromatic heterocycles. The van der Waals surface area contributed by atoms with Gasteiger partial charge in [0.15, 0.2) is 0 Å². The topological polar surface area (TPSA) is 38.9 Å². The van der Waals surface area contributed by atoms with E-state index >= 15 is 0 Å². The zero-order chi connectivity index (χ0) is 8.81. The van der Waals surface area contributed by atoms with Gasteiger partial charge in [-0.2, -0.15) is 0 Å². The maximum atomic E-state index is 5.49. The summed E-state index contributed by atoms with van der Waals surface area (Å²) >= 11 is 1.72. The molecule has 0 saturated heterocycles. The molecule has 2 N–H and O–H groups in total. The number of aromatic nitrogens is 1. The highest BCUT2D eigenvalue weighted by atomic mass is 32.2. The summed E-state index contributed by atoms with van der Waals surface area (Å²) in [5.41, 5.74) is 6.20. The number of anilines is 1. The number of nitrogens with zero attached hydrogens (tertiary/aromatic N) is 1. The highest BCUT2D eigenvalue weighted by Crippen LogP contribution is 2.16. The second-order valence-electron chi connectivity index (χ2n) is 2.36. The Bertz CT molecular complexity index is 243. The van der Waals surface area contributed by atoms with Gasteiger partial charge in [-0.25, -0.2) is 4.98 Å². The molecule has 2 nitrogen and oxygen atoms in total. The van der Waals surface area contributed by atoms with Gasteiger partial charge in [0.1, 0.15) is 0 Å². The van der Waals surface area contributed by atoms with E-state index in [0.717, 1.165) is 17.2 Å². The average Bonchev–Trinajstić information content (AvgIpc) is 2.09. The Morgan fingerprint density at radius 2 is 2.42 bits per heavy atom. The van der Waals surface area contributed by atoms with E-state index in [1.807, 2.05) is 18.2 Å². The van der Waals surface area contributed by atoms with Gasteiger partial charge in [-0.05, 0) is 18.6 Å². The molecule has 0 unspecified atom stereocenters. The van der Waals surface area contributed by atoms with E-state index in [-0.39, 0.29) is 0 Å². The molecule has 0 bridgehead atoms. The summed E-state index contributed by atoms with van der Waals surface area (Å²) in [4.78, 5) is 4.15. The van der Waals surface area contributed by atoms with Gasteiger partial charge < -0.3 is 5.73 Å². The molecule has 64 valence electrons. The van der Waals surface area contributed by atoms with Crippen LogP contribution < -0.4 is 5.73 Å². The predicted molar refractivity (Wildman–Crippen MR) is 54.2 cm³/mol. The van der Waals surface area contributed by atoms with Crippen molar-refractivity contribution < 1.29 is 0 Å². The lowest BCUT2D eigenvalue weighted by Crippen LogP contribution is -1.87. The van der Waals surface area contributed by atoms with Gasteiger partial charge in [0.2, 0.25) is 0 Å². The second kappa shape index (κ2) is 4.83.